The van der Waals surface area contributed by atoms with Gasteiger partial charge in [-0.2, -0.15) is 0 Å². The molecule has 5 aromatic rings. The number of fused-ring (bicyclic) bond motifs is 2. The van der Waals surface area contributed by atoms with Crippen LogP contribution in [0.4, 0.5) is 0 Å². The Morgan fingerprint density at radius 2 is 1.29 bits per heavy atom. The topological polar surface area (TPSA) is 47.4 Å². The summed E-state index contributed by atoms with van der Waals surface area (Å²) in [6.45, 7) is 0. The standard InChI is InChI=1S/C20H14ClN3/c21-12-5-6-20-14(7-12)18(11-24-20)16-9-22-8-15(16)17-10-23-19-4-2-1-3-13(17)19/h1-11,22-24H. The molecule has 4 heteroatoms. The molecule has 3 heterocycles. The minimum atomic E-state index is 0.743. The van der Waals surface area contributed by atoms with Crippen molar-refractivity contribution in [3.63, 3.8) is 0 Å². The molecule has 0 saturated carbocycles. The molecule has 0 bridgehead atoms. The van der Waals surface area contributed by atoms with Gasteiger partial charge < -0.3 is 15.0 Å². The average Bonchev–Trinajstić information content (AvgIpc) is 3.31. The van der Waals surface area contributed by atoms with Crippen LogP contribution >= 0.6 is 11.6 Å². The van der Waals surface area contributed by atoms with Crippen LogP contribution in [0.1, 0.15) is 0 Å². The lowest BCUT2D eigenvalue weighted by Gasteiger charge is -2.03. The lowest BCUT2D eigenvalue weighted by Crippen LogP contribution is -1.78. The van der Waals surface area contributed by atoms with Gasteiger partial charge in [0.15, 0.2) is 0 Å². The van der Waals surface area contributed by atoms with Crippen LogP contribution in [-0.2, 0) is 0 Å². The summed E-state index contributed by atoms with van der Waals surface area (Å²) in [5.74, 6) is 0. The number of hydrogen-bond acceptors (Lipinski definition) is 0. The first-order chi connectivity index (χ1) is 11.8. The van der Waals surface area contributed by atoms with Gasteiger partial charge in [-0.25, -0.2) is 0 Å². The molecule has 0 unspecified atom stereocenters. The number of benzene rings is 2. The largest absolute Gasteiger partial charge is 0.366 e. The van der Waals surface area contributed by atoms with E-state index in [0.717, 1.165) is 32.6 Å². The number of nitrogens with one attached hydrogen (secondary N) is 3. The molecule has 116 valence electrons. The summed E-state index contributed by atoms with van der Waals surface area (Å²) in [4.78, 5) is 9.94. The van der Waals surface area contributed by atoms with Crippen molar-refractivity contribution in [3.05, 3.63) is 72.3 Å². The molecule has 0 aliphatic rings. The Labute approximate surface area is 143 Å². The third kappa shape index (κ3) is 1.92. The van der Waals surface area contributed by atoms with Gasteiger partial charge in [0.05, 0.1) is 0 Å². The number of aromatic nitrogens is 3. The molecule has 24 heavy (non-hydrogen) atoms. The highest BCUT2D eigenvalue weighted by atomic mass is 35.5. The molecule has 5 rings (SSSR count). The fourth-order valence-electron chi connectivity index (χ4n) is 3.42. The lowest BCUT2D eigenvalue weighted by atomic mass is 9.98. The first-order valence-corrected chi connectivity index (χ1v) is 8.19. The van der Waals surface area contributed by atoms with E-state index in [-0.39, 0.29) is 0 Å². The number of hydrogen-bond donors (Lipinski definition) is 3. The second-order valence-corrected chi connectivity index (χ2v) is 6.36. The maximum atomic E-state index is 6.20. The van der Waals surface area contributed by atoms with Crippen molar-refractivity contribution in [2.45, 2.75) is 0 Å². The Morgan fingerprint density at radius 3 is 2.08 bits per heavy atom. The fraction of sp³-hybridized carbons (Fsp3) is 0. The molecular formula is C20H14ClN3. The van der Waals surface area contributed by atoms with E-state index in [1.807, 2.05) is 42.9 Å². The third-order valence-corrected chi connectivity index (χ3v) is 4.79. The van der Waals surface area contributed by atoms with Crippen molar-refractivity contribution in [2.75, 3.05) is 0 Å². The first kappa shape index (κ1) is 13.5. The maximum Gasteiger partial charge on any atom is 0.0461 e. The van der Waals surface area contributed by atoms with Gasteiger partial charge in [0.1, 0.15) is 0 Å². The minimum Gasteiger partial charge on any atom is -0.366 e. The predicted molar refractivity (Wildman–Crippen MR) is 100 cm³/mol. The average molecular weight is 332 g/mol. The van der Waals surface area contributed by atoms with Crippen LogP contribution in [0.5, 0.6) is 0 Å². The van der Waals surface area contributed by atoms with E-state index in [1.54, 1.807) is 0 Å². The van der Waals surface area contributed by atoms with Crippen LogP contribution in [0.2, 0.25) is 5.02 Å². The summed E-state index contributed by atoms with van der Waals surface area (Å²) in [5, 5.41) is 3.09. The Bertz CT molecular complexity index is 1180. The highest BCUT2D eigenvalue weighted by Gasteiger charge is 2.15. The van der Waals surface area contributed by atoms with Crippen LogP contribution in [0.3, 0.4) is 0 Å². The van der Waals surface area contributed by atoms with Gasteiger partial charge >= 0.3 is 0 Å². The van der Waals surface area contributed by atoms with Crippen molar-refractivity contribution in [1.29, 1.82) is 0 Å². The molecule has 0 saturated heterocycles. The number of halogens is 1. The molecule has 0 spiro atoms. The molecule has 3 nitrogen and oxygen atoms in total. The quantitative estimate of drug-likeness (QED) is 0.357. The highest BCUT2D eigenvalue weighted by molar-refractivity contribution is 6.31. The molecule has 0 aliphatic heterocycles. The van der Waals surface area contributed by atoms with Gasteiger partial charge in [0, 0.05) is 73.9 Å². The Kier molecular flexibility index (Phi) is 2.84. The van der Waals surface area contributed by atoms with Gasteiger partial charge in [-0.1, -0.05) is 29.8 Å². The number of aromatic amines is 3. The third-order valence-electron chi connectivity index (χ3n) is 4.56. The zero-order valence-corrected chi connectivity index (χ0v) is 13.5. The molecular weight excluding hydrogens is 318 g/mol. The zero-order chi connectivity index (χ0) is 16.1. The monoisotopic (exact) mass is 331 g/mol. The fourth-order valence-corrected chi connectivity index (χ4v) is 3.59. The van der Waals surface area contributed by atoms with E-state index in [4.69, 9.17) is 11.6 Å². The normalized spacial score (nSPS) is 11.5. The number of para-hydroxylation sites is 1. The van der Waals surface area contributed by atoms with Crippen molar-refractivity contribution < 1.29 is 0 Å². The van der Waals surface area contributed by atoms with Crippen LogP contribution in [0.15, 0.2) is 67.3 Å². The number of rotatable bonds is 2. The molecule has 3 N–H and O–H groups in total. The summed E-state index contributed by atoms with van der Waals surface area (Å²) in [7, 11) is 0. The van der Waals surface area contributed by atoms with E-state index < -0.39 is 0 Å². The predicted octanol–water partition coefficient (Wildman–Crippen LogP) is 5.96. The SMILES string of the molecule is Clc1ccc2[nH]cc(-c3c[nH]cc3-c3c[nH]c4ccccc34)c2c1. The Hall–Kier alpha value is -2.91. The second-order valence-electron chi connectivity index (χ2n) is 5.92. The summed E-state index contributed by atoms with van der Waals surface area (Å²) in [6, 6.07) is 14.3. The smallest absolute Gasteiger partial charge is 0.0461 e. The van der Waals surface area contributed by atoms with Crippen LogP contribution in [0, 0.1) is 0 Å². The molecule has 0 fully saturated rings. The summed E-state index contributed by atoms with van der Waals surface area (Å²) >= 11 is 6.20. The molecule has 2 aromatic carbocycles. The summed E-state index contributed by atoms with van der Waals surface area (Å²) < 4.78 is 0. The highest BCUT2D eigenvalue weighted by Crippen LogP contribution is 2.39. The van der Waals surface area contributed by atoms with Crippen molar-refractivity contribution in [3.8, 4) is 22.3 Å². The first-order valence-electron chi connectivity index (χ1n) is 7.81. The lowest BCUT2D eigenvalue weighted by molar-refractivity contribution is 1.41. The second kappa shape index (κ2) is 5.05. The zero-order valence-electron chi connectivity index (χ0n) is 12.7. The molecule has 0 atom stereocenters. The van der Waals surface area contributed by atoms with Crippen molar-refractivity contribution >= 4 is 33.4 Å². The van der Waals surface area contributed by atoms with Crippen LogP contribution < -0.4 is 0 Å². The van der Waals surface area contributed by atoms with Crippen molar-refractivity contribution in [2.24, 2.45) is 0 Å². The molecule has 3 aromatic heterocycles. The van der Waals surface area contributed by atoms with E-state index >= 15 is 0 Å². The van der Waals surface area contributed by atoms with Gasteiger partial charge in [-0.15, -0.1) is 0 Å². The van der Waals surface area contributed by atoms with Gasteiger partial charge in [0.2, 0.25) is 0 Å². The minimum absolute atomic E-state index is 0.743. The molecule has 0 aliphatic carbocycles. The van der Waals surface area contributed by atoms with E-state index in [9.17, 15) is 0 Å². The summed E-state index contributed by atoms with van der Waals surface area (Å²) in [6.07, 6.45) is 8.20. The van der Waals surface area contributed by atoms with E-state index in [0.29, 0.717) is 0 Å². The van der Waals surface area contributed by atoms with Crippen molar-refractivity contribution in [1.82, 2.24) is 15.0 Å². The van der Waals surface area contributed by atoms with E-state index in [1.165, 1.54) is 16.5 Å². The Morgan fingerprint density at radius 1 is 0.625 bits per heavy atom. The maximum absolute atomic E-state index is 6.20. The Balaban J connectivity index is 1.77. The number of H-pyrrole nitrogens is 3. The molecule has 0 amide bonds. The van der Waals surface area contributed by atoms with Gasteiger partial charge in [-0.05, 0) is 24.3 Å². The summed E-state index contributed by atoms with van der Waals surface area (Å²) in [5.41, 5.74) is 6.90. The van der Waals surface area contributed by atoms with Crippen LogP contribution in [0.25, 0.3) is 44.1 Å². The van der Waals surface area contributed by atoms with Gasteiger partial charge in [-0.3, -0.25) is 0 Å². The molecule has 0 radical (unpaired) electrons. The van der Waals surface area contributed by atoms with Crippen LogP contribution in [-0.4, -0.2) is 15.0 Å². The van der Waals surface area contributed by atoms with Gasteiger partial charge in [0.25, 0.3) is 0 Å². The van der Waals surface area contributed by atoms with E-state index in [2.05, 4.69) is 39.3 Å².